The molecule has 0 atom stereocenters. The van der Waals surface area contributed by atoms with Gasteiger partial charge in [0.25, 0.3) is 0 Å². The summed E-state index contributed by atoms with van der Waals surface area (Å²) in [4.78, 5) is 14.2. The maximum atomic E-state index is 14.9. The highest BCUT2D eigenvalue weighted by Gasteiger charge is 2.35. The zero-order chi connectivity index (χ0) is 25.9. The molecule has 1 aliphatic heterocycles. The molecule has 3 N–H and O–H groups in total. The number of aryl methyl sites for hydroxylation is 2. The van der Waals surface area contributed by atoms with Crippen molar-refractivity contribution in [2.24, 2.45) is 5.73 Å². The van der Waals surface area contributed by atoms with Gasteiger partial charge < -0.3 is 20.1 Å². The molecule has 2 aromatic rings. The zero-order valence-electron chi connectivity index (χ0n) is 20.7. The number of amidine groups is 1. The van der Waals surface area contributed by atoms with Gasteiger partial charge in [-0.25, -0.2) is 14.4 Å². The molecule has 0 spiro atoms. The van der Waals surface area contributed by atoms with Gasteiger partial charge in [0.05, 0.1) is 24.1 Å². The molecule has 1 aliphatic rings. The molecule has 9 heteroatoms. The number of rotatable bonds is 7. The fraction of sp³-hybridized carbons (Fsp3) is 0.231. The van der Waals surface area contributed by atoms with Crippen LogP contribution in [0.15, 0.2) is 71.4 Å². The first-order valence-corrected chi connectivity index (χ1v) is 10.8. The van der Waals surface area contributed by atoms with E-state index in [0.717, 1.165) is 5.69 Å². The van der Waals surface area contributed by atoms with E-state index < -0.39 is 5.82 Å². The molecule has 0 aliphatic carbocycles. The van der Waals surface area contributed by atoms with Crippen molar-refractivity contribution >= 4 is 11.5 Å². The van der Waals surface area contributed by atoms with E-state index in [1.165, 1.54) is 13.3 Å². The van der Waals surface area contributed by atoms with Gasteiger partial charge in [0.1, 0.15) is 11.6 Å². The topological polar surface area (TPSA) is 110 Å². The van der Waals surface area contributed by atoms with Crippen LogP contribution in [0.2, 0.25) is 0 Å². The van der Waals surface area contributed by atoms with Crippen LogP contribution in [-0.4, -0.2) is 39.8 Å². The second-order valence-corrected chi connectivity index (χ2v) is 7.93. The molecule has 2 aromatic heterocycles. The lowest BCUT2D eigenvalue weighted by atomic mass is 9.95. The lowest BCUT2D eigenvalue weighted by Crippen LogP contribution is -2.21. The average molecular weight is 477 g/mol. The molecule has 35 heavy (non-hydrogen) atoms. The first-order chi connectivity index (χ1) is 16.6. The van der Waals surface area contributed by atoms with Gasteiger partial charge in [0.15, 0.2) is 11.6 Å². The fourth-order valence-electron chi connectivity index (χ4n) is 3.66. The number of aromatic nitrogens is 3. The van der Waals surface area contributed by atoms with Crippen LogP contribution in [0.25, 0.3) is 5.70 Å². The standard InChI is InChI=1S/C26H29FN6O2/c1-8-18(35-26-30-12-11-15(3)32-26)10-9-14(2)20-21(16(4)28)25(29)33(6)23(20)19-13-31-17(5)22(27)24(19)34-7/h8-13,29H,2,28H2,1,3-7H3/b10-9-,18-8+,21-16+,29-25?. The average Bonchev–Trinajstić information content (AvgIpc) is 3.08. The van der Waals surface area contributed by atoms with Crippen molar-refractivity contribution in [2.45, 2.75) is 27.7 Å². The Bertz CT molecular complexity index is 1320. The number of nitrogens with one attached hydrogen (secondary N) is 1. The number of hydrogen-bond acceptors (Lipinski definition) is 7. The smallest absolute Gasteiger partial charge is 0.322 e. The molecule has 0 aromatic carbocycles. The molecule has 0 bridgehead atoms. The predicted octanol–water partition coefficient (Wildman–Crippen LogP) is 4.60. The van der Waals surface area contributed by atoms with Gasteiger partial charge in [-0.05, 0) is 51.5 Å². The largest absolute Gasteiger partial charge is 0.493 e. The zero-order valence-corrected chi connectivity index (χ0v) is 20.7. The number of likely N-dealkylation sites (N-methyl/N-ethyl adjacent to an activating group) is 1. The van der Waals surface area contributed by atoms with Crippen LogP contribution in [0.3, 0.4) is 0 Å². The Balaban J connectivity index is 2.11. The van der Waals surface area contributed by atoms with E-state index in [1.807, 2.05) is 13.8 Å². The minimum absolute atomic E-state index is 0.0337. The fourth-order valence-corrected chi connectivity index (χ4v) is 3.66. The van der Waals surface area contributed by atoms with E-state index >= 15 is 0 Å². The molecule has 0 saturated heterocycles. The number of nitrogens with zero attached hydrogens (tertiary/aromatic N) is 4. The van der Waals surface area contributed by atoms with Gasteiger partial charge in [-0.1, -0.05) is 12.7 Å². The Hall–Kier alpha value is -4.27. The number of hydrogen-bond donors (Lipinski definition) is 2. The summed E-state index contributed by atoms with van der Waals surface area (Å²) in [7, 11) is 3.10. The first kappa shape index (κ1) is 25.4. The van der Waals surface area contributed by atoms with Crippen molar-refractivity contribution < 1.29 is 13.9 Å². The van der Waals surface area contributed by atoms with Crippen molar-refractivity contribution in [1.82, 2.24) is 19.9 Å². The summed E-state index contributed by atoms with van der Waals surface area (Å²) in [5.74, 6) is 0.119. The molecular formula is C26H29FN6O2. The quantitative estimate of drug-likeness (QED) is 0.444. The summed E-state index contributed by atoms with van der Waals surface area (Å²) in [5, 5.41) is 8.66. The maximum Gasteiger partial charge on any atom is 0.322 e. The lowest BCUT2D eigenvalue weighted by Gasteiger charge is -2.19. The lowest BCUT2D eigenvalue weighted by molar-refractivity contribution is 0.381. The minimum Gasteiger partial charge on any atom is -0.493 e. The van der Waals surface area contributed by atoms with Crippen LogP contribution in [0, 0.1) is 25.1 Å². The van der Waals surface area contributed by atoms with Crippen molar-refractivity contribution in [3.8, 4) is 11.8 Å². The van der Waals surface area contributed by atoms with Gasteiger partial charge in [-0.15, -0.1) is 0 Å². The van der Waals surface area contributed by atoms with Gasteiger partial charge in [-0.3, -0.25) is 10.4 Å². The van der Waals surface area contributed by atoms with E-state index in [0.29, 0.717) is 39.4 Å². The molecular weight excluding hydrogens is 447 g/mol. The minimum atomic E-state index is -0.567. The number of nitrogens with two attached hydrogens (primary N) is 1. The SMILES string of the molecule is C=C(/C=C\C(=C/C)Oc1nccc(C)n1)C1=C(c2cnc(C)c(F)c2OC)N(C)C(=N)/C1=C(\C)N. The molecule has 0 saturated carbocycles. The van der Waals surface area contributed by atoms with Crippen LogP contribution >= 0.6 is 0 Å². The molecule has 182 valence electrons. The van der Waals surface area contributed by atoms with Crippen molar-refractivity contribution in [2.75, 3.05) is 14.2 Å². The third-order valence-electron chi connectivity index (χ3n) is 5.43. The second kappa shape index (κ2) is 10.3. The van der Waals surface area contributed by atoms with E-state index in [1.54, 1.807) is 56.3 Å². The Morgan fingerprint density at radius 3 is 2.57 bits per heavy atom. The Labute approximate surface area is 204 Å². The number of halogens is 1. The van der Waals surface area contributed by atoms with Crippen molar-refractivity contribution in [1.29, 1.82) is 5.41 Å². The van der Waals surface area contributed by atoms with Crippen LogP contribution in [0.1, 0.15) is 30.8 Å². The van der Waals surface area contributed by atoms with Gasteiger partial charge in [-0.2, -0.15) is 0 Å². The molecule has 3 heterocycles. The summed E-state index contributed by atoms with van der Waals surface area (Å²) < 4.78 is 26.0. The van der Waals surface area contributed by atoms with E-state index in [4.69, 9.17) is 20.6 Å². The summed E-state index contributed by atoms with van der Waals surface area (Å²) in [6.07, 6.45) is 8.36. The van der Waals surface area contributed by atoms with E-state index in [-0.39, 0.29) is 23.3 Å². The first-order valence-electron chi connectivity index (χ1n) is 10.8. The third kappa shape index (κ3) is 4.98. The molecule has 0 unspecified atom stereocenters. The highest BCUT2D eigenvalue weighted by Crippen LogP contribution is 2.43. The Morgan fingerprint density at radius 2 is 1.97 bits per heavy atom. The Morgan fingerprint density at radius 1 is 1.26 bits per heavy atom. The summed E-state index contributed by atoms with van der Waals surface area (Å²) >= 11 is 0. The summed E-state index contributed by atoms with van der Waals surface area (Å²) in [6, 6.07) is 2.00. The number of pyridine rings is 1. The summed E-state index contributed by atoms with van der Waals surface area (Å²) in [6.45, 7) is 11.1. The van der Waals surface area contributed by atoms with Gasteiger partial charge in [0.2, 0.25) is 0 Å². The second-order valence-electron chi connectivity index (χ2n) is 7.93. The molecule has 3 rings (SSSR count). The number of methoxy groups -OCH3 is 1. The third-order valence-corrected chi connectivity index (χ3v) is 5.43. The number of allylic oxidation sites excluding steroid dienone is 5. The Kier molecular flexibility index (Phi) is 7.49. The van der Waals surface area contributed by atoms with Gasteiger partial charge in [0, 0.05) is 42.0 Å². The summed E-state index contributed by atoms with van der Waals surface area (Å²) in [5.41, 5.74) is 10.1. The molecule has 0 fully saturated rings. The van der Waals surface area contributed by atoms with Crippen LogP contribution in [0.4, 0.5) is 4.39 Å². The van der Waals surface area contributed by atoms with Gasteiger partial charge >= 0.3 is 6.01 Å². The highest BCUT2D eigenvalue weighted by molar-refractivity contribution is 6.14. The van der Waals surface area contributed by atoms with E-state index in [2.05, 4.69) is 21.5 Å². The van der Waals surface area contributed by atoms with Crippen LogP contribution in [-0.2, 0) is 0 Å². The van der Waals surface area contributed by atoms with Crippen LogP contribution in [0.5, 0.6) is 11.8 Å². The molecule has 0 radical (unpaired) electrons. The predicted molar refractivity (Wildman–Crippen MR) is 134 cm³/mol. The monoisotopic (exact) mass is 476 g/mol. The normalized spacial score (nSPS) is 15.8. The molecule has 0 amide bonds. The number of ether oxygens (including phenoxy) is 2. The van der Waals surface area contributed by atoms with E-state index in [9.17, 15) is 4.39 Å². The molecule has 8 nitrogen and oxygen atoms in total. The van der Waals surface area contributed by atoms with Crippen molar-refractivity contribution in [3.05, 3.63) is 94.2 Å². The van der Waals surface area contributed by atoms with Crippen molar-refractivity contribution in [3.63, 3.8) is 0 Å². The maximum absolute atomic E-state index is 14.9. The van der Waals surface area contributed by atoms with Crippen LogP contribution < -0.4 is 15.2 Å². The highest BCUT2D eigenvalue weighted by atomic mass is 19.1.